The summed E-state index contributed by atoms with van der Waals surface area (Å²) in [5, 5.41) is 14.2. The van der Waals surface area contributed by atoms with Crippen molar-refractivity contribution in [3.05, 3.63) is 58.5 Å². The van der Waals surface area contributed by atoms with E-state index in [2.05, 4.69) is 5.18 Å². The molecule has 2 aromatic carbocycles. The van der Waals surface area contributed by atoms with Crippen molar-refractivity contribution in [3.63, 3.8) is 0 Å². The van der Waals surface area contributed by atoms with Crippen molar-refractivity contribution >= 4 is 28.2 Å². The average molecular weight is 317 g/mol. The number of benzene rings is 2. The van der Waals surface area contributed by atoms with Crippen LogP contribution in [0, 0.1) is 4.91 Å². The lowest BCUT2D eigenvalue weighted by atomic mass is 10.2. The molecule has 0 spiro atoms. The van der Waals surface area contributed by atoms with Crippen LogP contribution < -0.4 is 4.74 Å². The van der Waals surface area contributed by atoms with Crippen LogP contribution in [0.15, 0.2) is 53.7 Å². The van der Waals surface area contributed by atoms with Gasteiger partial charge in [0.1, 0.15) is 12.4 Å². The molecule has 112 valence electrons. The van der Waals surface area contributed by atoms with Crippen molar-refractivity contribution in [3.8, 4) is 11.6 Å². The van der Waals surface area contributed by atoms with Gasteiger partial charge in [-0.1, -0.05) is 29.8 Å². The van der Waals surface area contributed by atoms with Crippen LogP contribution in [0.1, 0.15) is 0 Å². The second-order valence-corrected chi connectivity index (χ2v) is 5.17. The average Bonchev–Trinajstić information content (AvgIpc) is 2.79. The van der Waals surface area contributed by atoms with E-state index >= 15 is 0 Å². The Morgan fingerprint density at radius 2 is 1.95 bits per heavy atom. The van der Waals surface area contributed by atoms with Gasteiger partial charge in [0.15, 0.2) is 5.69 Å². The molecule has 0 amide bonds. The second-order valence-electron chi connectivity index (χ2n) is 4.74. The van der Waals surface area contributed by atoms with Gasteiger partial charge < -0.3 is 14.4 Å². The second kappa shape index (κ2) is 6.07. The van der Waals surface area contributed by atoms with E-state index in [1.165, 1.54) is 0 Å². The Bertz CT molecular complexity index is 815. The smallest absolute Gasteiger partial charge is 0.222 e. The first kappa shape index (κ1) is 14.4. The third-order valence-electron chi connectivity index (χ3n) is 3.39. The van der Waals surface area contributed by atoms with E-state index in [1.807, 2.05) is 30.3 Å². The fourth-order valence-electron chi connectivity index (χ4n) is 2.38. The van der Waals surface area contributed by atoms with Crippen LogP contribution in [-0.4, -0.2) is 16.3 Å². The molecule has 0 atom stereocenters. The molecule has 0 unspecified atom stereocenters. The normalized spacial score (nSPS) is 10.8. The maximum absolute atomic E-state index is 10.9. The van der Waals surface area contributed by atoms with Crippen molar-refractivity contribution in [2.75, 3.05) is 6.61 Å². The molecule has 3 rings (SSSR count). The fraction of sp³-hybridized carbons (Fsp3) is 0.125. The summed E-state index contributed by atoms with van der Waals surface area (Å²) in [7, 11) is 0. The van der Waals surface area contributed by atoms with Crippen molar-refractivity contribution in [1.82, 2.24) is 4.57 Å². The number of ether oxygens (including phenoxy) is 1. The molecule has 22 heavy (non-hydrogen) atoms. The predicted octanol–water partition coefficient (Wildman–Crippen LogP) is 4.48. The zero-order chi connectivity index (χ0) is 15.5. The van der Waals surface area contributed by atoms with Crippen LogP contribution in [-0.2, 0) is 6.54 Å². The third-order valence-corrected chi connectivity index (χ3v) is 3.63. The zero-order valence-corrected chi connectivity index (χ0v) is 12.3. The summed E-state index contributed by atoms with van der Waals surface area (Å²) in [6.45, 7) is 0.708. The number of fused-ring (bicyclic) bond motifs is 1. The van der Waals surface area contributed by atoms with E-state index in [-0.39, 0.29) is 11.6 Å². The van der Waals surface area contributed by atoms with Crippen LogP contribution in [0.5, 0.6) is 11.6 Å². The van der Waals surface area contributed by atoms with Gasteiger partial charge in [0.25, 0.3) is 0 Å². The lowest BCUT2D eigenvalue weighted by molar-refractivity contribution is 0.290. The Kier molecular flexibility index (Phi) is 3.98. The topological polar surface area (TPSA) is 63.8 Å². The number of para-hydroxylation sites is 1. The van der Waals surface area contributed by atoms with Gasteiger partial charge >= 0.3 is 0 Å². The summed E-state index contributed by atoms with van der Waals surface area (Å²) in [5.41, 5.74) is 0.669. The number of nitrogens with zero attached hydrogens (tertiary/aromatic N) is 2. The maximum atomic E-state index is 10.9. The molecular formula is C16H13ClN2O3. The zero-order valence-electron chi connectivity index (χ0n) is 11.6. The van der Waals surface area contributed by atoms with Crippen LogP contribution in [0.3, 0.4) is 0 Å². The number of aromatic hydroxyl groups is 1. The van der Waals surface area contributed by atoms with Crippen molar-refractivity contribution in [1.29, 1.82) is 0 Å². The Hall–Kier alpha value is -2.53. The SMILES string of the molecule is O=Nc1c(O)n(CCOc2ccccc2)c2cc(Cl)ccc12. The molecule has 1 aromatic heterocycles. The standard InChI is InChI=1S/C16H13ClN2O3/c17-11-6-7-13-14(10-11)19(16(20)15(13)18-21)8-9-22-12-4-2-1-3-5-12/h1-7,10,20H,8-9H2. The molecular weight excluding hydrogens is 304 g/mol. The molecule has 0 aliphatic rings. The highest BCUT2D eigenvalue weighted by atomic mass is 35.5. The van der Waals surface area contributed by atoms with E-state index in [1.54, 1.807) is 22.8 Å². The molecule has 5 nitrogen and oxygen atoms in total. The number of aromatic nitrogens is 1. The Morgan fingerprint density at radius 1 is 1.18 bits per heavy atom. The third kappa shape index (κ3) is 2.63. The fourth-order valence-corrected chi connectivity index (χ4v) is 2.54. The number of rotatable bonds is 5. The van der Waals surface area contributed by atoms with Crippen molar-refractivity contribution < 1.29 is 9.84 Å². The molecule has 1 N–H and O–H groups in total. The summed E-state index contributed by atoms with van der Waals surface area (Å²) in [6.07, 6.45) is 0. The largest absolute Gasteiger partial charge is 0.493 e. The van der Waals surface area contributed by atoms with E-state index in [0.29, 0.717) is 29.1 Å². The van der Waals surface area contributed by atoms with Crippen molar-refractivity contribution in [2.45, 2.75) is 6.54 Å². The van der Waals surface area contributed by atoms with E-state index < -0.39 is 0 Å². The predicted molar refractivity (Wildman–Crippen MR) is 86.0 cm³/mol. The molecule has 1 heterocycles. The van der Waals surface area contributed by atoms with Gasteiger partial charge in [-0.25, -0.2) is 0 Å². The first-order chi connectivity index (χ1) is 10.7. The Morgan fingerprint density at radius 3 is 2.68 bits per heavy atom. The molecule has 0 fully saturated rings. The number of halogens is 1. The van der Waals surface area contributed by atoms with E-state index in [0.717, 1.165) is 5.75 Å². The quantitative estimate of drug-likeness (QED) is 0.706. The van der Waals surface area contributed by atoms with Gasteiger partial charge in [0.05, 0.1) is 12.1 Å². The monoisotopic (exact) mass is 316 g/mol. The highest BCUT2D eigenvalue weighted by molar-refractivity contribution is 6.31. The van der Waals surface area contributed by atoms with Crippen LogP contribution in [0.25, 0.3) is 10.9 Å². The summed E-state index contributed by atoms with van der Waals surface area (Å²) < 4.78 is 7.18. The molecule has 0 aliphatic heterocycles. The Labute approximate surface area is 131 Å². The first-order valence-corrected chi connectivity index (χ1v) is 7.10. The molecule has 0 radical (unpaired) electrons. The number of hydrogen-bond acceptors (Lipinski definition) is 4. The summed E-state index contributed by atoms with van der Waals surface area (Å²) in [6, 6.07) is 14.4. The summed E-state index contributed by atoms with van der Waals surface area (Å²) in [5.74, 6) is 0.564. The summed E-state index contributed by atoms with van der Waals surface area (Å²) in [4.78, 5) is 10.9. The Balaban J connectivity index is 1.88. The number of nitroso groups, excluding NO2 is 1. The van der Waals surface area contributed by atoms with Crippen molar-refractivity contribution in [2.24, 2.45) is 5.18 Å². The minimum Gasteiger partial charge on any atom is -0.493 e. The molecule has 0 aliphatic carbocycles. The lowest BCUT2D eigenvalue weighted by Crippen LogP contribution is -2.07. The molecule has 0 saturated heterocycles. The van der Waals surface area contributed by atoms with E-state index in [4.69, 9.17) is 16.3 Å². The first-order valence-electron chi connectivity index (χ1n) is 6.72. The van der Waals surface area contributed by atoms with Gasteiger partial charge in [0, 0.05) is 10.4 Å². The molecule has 0 saturated carbocycles. The van der Waals surface area contributed by atoms with Crippen LogP contribution >= 0.6 is 11.6 Å². The van der Waals surface area contributed by atoms with E-state index in [9.17, 15) is 10.0 Å². The van der Waals surface area contributed by atoms with Gasteiger partial charge in [-0.05, 0) is 35.5 Å². The maximum Gasteiger partial charge on any atom is 0.222 e. The van der Waals surface area contributed by atoms with Crippen LogP contribution in [0.4, 0.5) is 5.69 Å². The number of hydrogen-bond donors (Lipinski definition) is 1. The minimum absolute atomic E-state index is 0.0198. The van der Waals surface area contributed by atoms with Crippen LogP contribution in [0.2, 0.25) is 5.02 Å². The summed E-state index contributed by atoms with van der Waals surface area (Å²) >= 11 is 5.99. The highest BCUT2D eigenvalue weighted by Crippen LogP contribution is 2.39. The minimum atomic E-state index is -0.177. The molecule has 3 aromatic rings. The highest BCUT2D eigenvalue weighted by Gasteiger charge is 2.17. The van der Waals surface area contributed by atoms with Gasteiger partial charge in [0.2, 0.25) is 5.88 Å². The van der Waals surface area contributed by atoms with Gasteiger partial charge in [-0.3, -0.25) is 0 Å². The lowest BCUT2D eigenvalue weighted by Gasteiger charge is -2.09. The molecule has 0 bridgehead atoms. The van der Waals surface area contributed by atoms with Gasteiger partial charge in [-0.15, -0.1) is 4.91 Å². The van der Waals surface area contributed by atoms with Gasteiger partial charge in [-0.2, -0.15) is 0 Å². The molecule has 6 heteroatoms.